The summed E-state index contributed by atoms with van der Waals surface area (Å²) in [5, 5.41) is 5.37. The molecule has 5 rings (SSSR count). The fourth-order valence-electron chi connectivity index (χ4n) is 4.41. The minimum Gasteiger partial charge on any atom is -0.493 e. The number of rotatable bonds is 5. The van der Waals surface area contributed by atoms with Crippen molar-refractivity contribution in [3.8, 4) is 11.5 Å². The second kappa shape index (κ2) is 7.55. The molecule has 3 aromatic rings. The quantitative estimate of drug-likeness (QED) is 0.621. The van der Waals surface area contributed by atoms with Crippen LogP contribution in [0, 0.1) is 0 Å². The van der Waals surface area contributed by atoms with Gasteiger partial charge >= 0.3 is 0 Å². The minimum atomic E-state index is 0.0399. The number of fused-ring (bicyclic) bond motifs is 2. The van der Waals surface area contributed by atoms with Crippen molar-refractivity contribution in [2.24, 2.45) is 0 Å². The molecule has 0 N–H and O–H groups in total. The van der Waals surface area contributed by atoms with Crippen LogP contribution >= 0.6 is 0 Å². The standard InChI is InChI=1S/C24H28N4O3/c1-14(2)28-23-19(12-25-28)18(11-20(26-23)15-5-6-15)24(29)27-8-7-16-9-21(30-3)22(31-4)10-17(16)13-27/h9-12,14-15H,5-8,13H2,1-4H3. The van der Waals surface area contributed by atoms with E-state index in [1.54, 1.807) is 20.4 Å². The number of pyridine rings is 1. The molecule has 0 radical (unpaired) electrons. The van der Waals surface area contributed by atoms with Crippen LogP contribution in [0.3, 0.4) is 0 Å². The van der Waals surface area contributed by atoms with E-state index < -0.39 is 0 Å². The van der Waals surface area contributed by atoms with Gasteiger partial charge in [-0.1, -0.05) is 0 Å². The summed E-state index contributed by atoms with van der Waals surface area (Å²) in [6.45, 7) is 5.39. The van der Waals surface area contributed by atoms with Gasteiger partial charge in [0.15, 0.2) is 17.1 Å². The van der Waals surface area contributed by atoms with Crippen molar-refractivity contribution in [1.29, 1.82) is 0 Å². The highest BCUT2D eigenvalue weighted by Crippen LogP contribution is 2.41. The summed E-state index contributed by atoms with van der Waals surface area (Å²) >= 11 is 0. The predicted molar refractivity (Wildman–Crippen MR) is 118 cm³/mol. The van der Waals surface area contributed by atoms with Crippen LogP contribution in [0.5, 0.6) is 11.5 Å². The third-order valence-electron chi connectivity index (χ3n) is 6.31. The number of hydrogen-bond donors (Lipinski definition) is 0. The number of nitrogens with zero attached hydrogens (tertiary/aromatic N) is 4. The number of methoxy groups -OCH3 is 2. The van der Waals surface area contributed by atoms with Gasteiger partial charge < -0.3 is 14.4 Å². The maximum Gasteiger partial charge on any atom is 0.255 e. The molecule has 1 aliphatic heterocycles. The molecule has 0 bridgehead atoms. The van der Waals surface area contributed by atoms with Gasteiger partial charge in [-0.05, 0) is 62.4 Å². The van der Waals surface area contributed by atoms with E-state index in [-0.39, 0.29) is 11.9 Å². The first-order valence-corrected chi connectivity index (χ1v) is 10.9. The van der Waals surface area contributed by atoms with Gasteiger partial charge in [-0.15, -0.1) is 0 Å². The maximum atomic E-state index is 13.7. The van der Waals surface area contributed by atoms with Gasteiger partial charge in [-0.2, -0.15) is 5.10 Å². The van der Waals surface area contributed by atoms with Crippen molar-refractivity contribution in [3.05, 3.63) is 46.8 Å². The molecule has 7 nitrogen and oxygen atoms in total. The fraction of sp³-hybridized carbons (Fsp3) is 0.458. The molecule has 3 heterocycles. The van der Waals surface area contributed by atoms with Crippen LogP contribution < -0.4 is 9.47 Å². The Morgan fingerprint density at radius 1 is 1.10 bits per heavy atom. The monoisotopic (exact) mass is 420 g/mol. The van der Waals surface area contributed by atoms with Crippen molar-refractivity contribution < 1.29 is 14.3 Å². The van der Waals surface area contributed by atoms with Gasteiger partial charge in [0.05, 0.1) is 31.4 Å². The van der Waals surface area contributed by atoms with Gasteiger partial charge in [-0.25, -0.2) is 9.67 Å². The predicted octanol–water partition coefficient (Wildman–Crippen LogP) is 4.11. The van der Waals surface area contributed by atoms with Crippen LogP contribution in [0.1, 0.15) is 65.8 Å². The highest BCUT2D eigenvalue weighted by Gasteiger charge is 2.30. The Labute approximate surface area is 182 Å². The van der Waals surface area contributed by atoms with Gasteiger partial charge in [0.1, 0.15) is 0 Å². The summed E-state index contributed by atoms with van der Waals surface area (Å²) in [4.78, 5) is 20.5. The molecule has 7 heteroatoms. The number of benzene rings is 1. The zero-order valence-corrected chi connectivity index (χ0v) is 18.5. The second-order valence-electron chi connectivity index (χ2n) is 8.74. The molecule has 1 aromatic carbocycles. The van der Waals surface area contributed by atoms with Gasteiger partial charge in [-0.3, -0.25) is 4.79 Å². The third-order valence-corrected chi connectivity index (χ3v) is 6.31. The largest absolute Gasteiger partial charge is 0.493 e. The average molecular weight is 421 g/mol. The summed E-state index contributed by atoms with van der Waals surface area (Å²) in [5.74, 6) is 1.92. The van der Waals surface area contributed by atoms with E-state index in [0.29, 0.717) is 30.3 Å². The first-order chi connectivity index (χ1) is 15.0. The van der Waals surface area contributed by atoms with Crippen LogP contribution in [0.25, 0.3) is 11.0 Å². The van der Waals surface area contributed by atoms with Crippen molar-refractivity contribution in [3.63, 3.8) is 0 Å². The Morgan fingerprint density at radius 3 is 2.45 bits per heavy atom. The van der Waals surface area contributed by atoms with E-state index in [2.05, 4.69) is 18.9 Å². The van der Waals surface area contributed by atoms with Crippen LogP contribution in [0.15, 0.2) is 24.4 Å². The Balaban J connectivity index is 1.52. The molecule has 2 aliphatic rings. The van der Waals surface area contributed by atoms with E-state index in [4.69, 9.17) is 14.5 Å². The molecular formula is C24H28N4O3. The lowest BCUT2D eigenvalue weighted by molar-refractivity contribution is 0.0736. The first-order valence-electron chi connectivity index (χ1n) is 10.9. The van der Waals surface area contributed by atoms with Crippen molar-refractivity contribution in [2.45, 2.75) is 51.6 Å². The van der Waals surface area contributed by atoms with Crippen molar-refractivity contribution in [1.82, 2.24) is 19.7 Å². The molecule has 1 aliphatic carbocycles. The fourth-order valence-corrected chi connectivity index (χ4v) is 4.41. The lowest BCUT2D eigenvalue weighted by atomic mass is 9.97. The first kappa shape index (κ1) is 19.8. The summed E-state index contributed by atoms with van der Waals surface area (Å²) in [5.41, 5.74) is 4.84. The summed E-state index contributed by atoms with van der Waals surface area (Å²) in [7, 11) is 3.28. The minimum absolute atomic E-state index is 0.0399. The van der Waals surface area contributed by atoms with Crippen molar-refractivity contribution >= 4 is 16.9 Å². The third kappa shape index (κ3) is 3.42. The Bertz CT molecular complexity index is 1160. The van der Waals surface area contributed by atoms with E-state index in [1.165, 1.54) is 5.56 Å². The maximum absolute atomic E-state index is 13.7. The molecule has 162 valence electrons. The van der Waals surface area contributed by atoms with E-state index in [9.17, 15) is 4.79 Å². The van der Waals surface area contributed by atoms with Crippen LogP contribution in [-0.2, 0) is 13.0 Å². The van der Waals surface area contributed by atoms with Crippen LogP contribution in [-0.4, -0.2) is 46.3 Å². The lowest BCUT2D eigenvalue weighted by Crippen LogP contribution is -2.36. The second-order valence-corrected chi connectivity index (χ2v) is 8.74. The van der Waals surface area contributed by atoms with Crippen molar-refractivity contribution in [2.75, 3.05) is 20.8 Å². The molecule has 0 atom stereocenters. The van der Waals surface area contributed by atoms with Crippen LogP contribution in [0.2, 0.25) is 0 Å². The highest BCUT2D eigenvalue weighted by atomic mass is 16.5. The zero-order chi connectivity index (χ0) is 21.7. The smallest absolute Gasteiger partial charge is 0.255 e. The number of amides is 1. The molecule has 0 saturated heterocycles. The van der Waals surface area contributed by atoms with Gasteiger partial charge in [0, 0.05) is 30.7 Å². The highest BCUT2D eigenvalue weighted by molar-refractivity contribution is 6.05. The Kier molecular flexibility index (Phi) is 4.84. The number of ether oxygens (including phenoxy) is 2. The number of carbonyl (C=O) groups excluding carboxylic acids is 1. The number of carbonyl (C=O) groups is 1. The number of aromatic nitrogens is 3. The Hall–Kier alpha value is -3.09. The Morgan fingerprint density at radius 2 is 1.81 bits per heavy atom. The average Bonchev–Trinajstić information content (AvgIpc) is 3.55. The molecule has 1 saturated carbocycles. The summed E-state index contributed by atoms with van der Waals surface area (Å²) in [6.07, 6.45) is 4.86. The zero-order valence-electron chi connectivity index (χ0n) is 18.5. The molecule has 0 unspecified atom stereocenters. The van der Waals surface area contributed by atoms with E-state index in [1.807, 2.05) is 27.8 Å². The molecule has 1 fully saturated rings. The van der Waals surface area contributed by atoms with Gasteiger partial charge in [0.25, 0.3) is 5.91 Å². The summed E-state index contributed by atoms with van der Waals surface area (Å²) < 4.78 is 12.8. The molecule has 31 heavy (non-hydrogen) atoms. The molecule has 0 spiro atoms. The van der Waals surface area contributed by atoms with E-state index in [0.717, 1.165) is 47.3 Å². The molecule has 2 aromatic heterocycles. The lowest BCUT2D eigenvalue weighted by Gasteiger charge is -2.30. The topological polar surface area (TPSA) is 69.5 Å². The van der Waals surface area contributed by atoms with Crippen LogP contribution in [0.4, 0.5) is 0 Å². The summed E-state index contributed by atoms with van der Waals surface area (Å²) in [6, 6.07) is 6.20. The van der Waals surface area contributed by atoms with Gasteiger partial charge in [0.2, 0.25) is 0 Å². The normalized spacial score (nSPS) is 16.0. The molecule has 1 amide bonds. The number of hydrogen-bond acceptors (Lipinski definition) is 5. The SMILES string of the molecule is COc1cc2c(cc1OC)CN(C(=O)c1cc(C3CC3)nc3c1cnn3C(C)C)CC2. The van der Waals surface area contributed by atoms with E-state index >= 15 is 0 Å². The molecular weight excluding hydrogens is 392 g/mol.